The van der Waals surface area contributed by atoms with Crippen LogP contribution in [0.5, 0.6) is 0 Å². The zero-order valence-corrected chi connectivity index (χ0v) is 11.7. The second kappa shape index (κ2) is 5.02. The zero-order valence-electron chi connectivity index (χ0n) is 10.1. The summed E-state index contributed by atoms with van der Waals surface area (Å²) in [6.45, 7) is 0.724. The molecule has 2 fully saturated rings. The van der Waals surface area contributed by atoms with Gasteiger partial charge in [0.25, 0.3) is 5.91 Å². The SMILES string of the molecule is O=C(NCC1CC2CCC1O2)c1ccccc1Br. The molecule has 2 aliphatic heterocycles. The van der Waals surface area contributed by atoms with Crippen molar-refractivity contribution < 1.29 is 9.53 Å². The largest absolute Gasteiger partial charge is 0.375 e. The standard InChI is InChI=1S/C14H16BrNO2/c15-12-4-2-1-3-11(12)14(17)16-8-9-7-10-5-6-13(9)18-10/h1-4,9-10,13H,5-8H2,(H,16,17). The van der Waals surface area contributed by atoms with E-state index in [0.29, 0.717) is 23.7 Å². The molecule has 2 saturated heterocycles. The van der Waals surface area contributed by atoms with Crippen LogP contribution in [0.2, 0.25) is 0 Å². The van der Waals surface area contributed by atoms with E-state index in [1.54, 1.807) is 0 Å². The van der Waals surface area contributed by atoms with E-state index in [1.165, 1.54) is 6.42 Å². The van der Waals surface area contributed by atoms with Gasteiger partial charge in [0.05, 0.1) is 17.8 Å². The van der Waals surface area contributed by atoms with E-state index in [-0.39, 0.29) is 5.91 Å². The number of nitrogens with one attached hydrogen (secondary N) is 1. The minimum absolute atomic E-state index is 0.00903. The van der Waals surface area contributed by atoms with E-state index >= 15 is 0 Å². The second-order valence-corrected chi connectivity index (χ2v) is 5.91. The fourth-order valence-electron chi connectivity index (χ4n) is 2.92. The molecule has 1 aromatic rings. The highest BCUT2D eigenvalue weighted by molar-refractivity contribution is 9.10. The Morgan fingerprint density at radius 2 is 2.22 bits per heavy atom. The van der Waals surface area contributed by atoms with Crippen LogP contribution in [0.1, 0.15) is 29.6 Å². The lowest BCUT2D eigenvalue weighted by Crippen LogP contribution is -2.33. The predicted octanol–water partition coefficient (Wildman–Crippen LogP) is 2.75. The number of benzene rings is 1. The fraction of sp³-hybridized carbons (Fsp3) is 0.500. The van der Waals surface area contributed by atoms with E-state index < -0.39 is 0 Å². The summed E-state index contributed by atoms with van der Waals surface area (Å²) < 4.78 is 6.63. The molecule has 0 radical (unpaired) electrons. The van der Waals surface area contributed by atoms with E-state index in [2.05, 4.69) is 21.2 Å². The molecule has 3 unspecified atom stereocenters. The highest BCUT2D eigenvalue weighted by Crippen LogP contribution is 2.38. The number of carbonyl (C=O) groups excluding carboxylic acids is 1. The highest BCUT2D eigenvalue weighted by atomic mass is 79.9. The molecular weight excluding hydrogens is 294 g/mol. The van der Waals surface area contributed by atoms with Crippen molar-refractivity contribution in [3.05, 3.63) is 34.3 Å². The topological polar surface area (TPSA) is 38.3 Å². The van der Waals surface area contributed by atoms with Crippen molar-refractivity contribution in [1.82, 2.24) is 5.32 Å². The Bertz CT molecular complexity index is 463. The zero-order chi connectivity index (χ0) is 12.5. The number of amides is 1. The van der Waals surface area contributed by atoms with Crippen molar-refractivity contribution in [2.75, 3.05) is 6.54 Å². The Hall–Kier alpha value is -0.870. The number of hydrogen-bond donors (Lipinski definition) is 1. The Balaban J connectivity index is 1.57. The third-order valence-electron chi connectivity index (χ3n) is 3.88. The van der Waals surface area contributed by atoms with Crippen molar-refractivity contribution in [2.45, 2.75) is 31.5 Å². The third kappa shape index (κ3) is 2.31. The summed E-state index contributed by atoms with van der Waals surface area (Å²) in [4.78, 5) is 12.0. The smallest absolute Gasteiger partial charge is 0.252 e. The summed E-state index contributed by atoms with van der Waals surface area (Å²) in [6, 6.07) is 7.50. The van der Waals surface area contributed by atoms with Crippen LogP contribution in [0.15, 0.2) is 28.7 Å². The van der Waals surface area contributed by atoms with Crippen molar-refractivity contribution in [2.24, 2.45) is 5.92 Å². The van der Waals surface area contributed by atoms with Gasteiger partial charge in [-0.2, -0.15) is 0 Å². The summed E-state index contributed by atoms with van der Waals surface area (Å²) in [7, 11) is 0. The molecule has 2 aliphatic rings. The molecule has 4 heteroatoms. The fourth-order valence-corrected chi connectivity index (χ4v) is 3.39. The number of carbonyl (C=O) groups is 1. The molecule has 96 valence electrons. The molecule has 2 heterocycles. The maximum atomic E-state index is 12.0. The van der Waals surface area contributed by atoms with Gasteiger partial charge in [0, 0.05) is 16.9 Å². The van der Waals surface area contributed by atoms with Crippen molar-refractivity contribution in [1.29, 1.82) is 0 Å². The van der Waals surface area contributed by atoms with Crippen LogP contribution in [0.25, 0.3) is 0 Å². The first-order valence-electron chi connectivity index (χ1n) is 6.42. The number of ether oxygens (including phenoxy) is 1. The molecule has 3 atom stereocenters. The molecule has 2 bridgehead atoms. The van der Waals surface area contributed by atoms with E-state index in [9.17, 15) is 4.79 Å². The molecule has 0 spiro atoms. The predicted molar refractivity (Wildman–Crippen MR) is 72.5 cm³/mol. The average Bonchev–Trinajstić information content (AvgIpc) is 2.98. The minimum Gasteiger partial charge on any atom is -0.375 e. The first-order valence-corrected chi connectivity index (χ1v) is 7.21. The molecule has 0 saturated carbocycles. The molecule has 0 aliphatic carbocycles. The minimum atomic E-state index is -0.00903. The van der Waals surface area contributed by atoms with Gasteiger partial charge in [-0.05, 0) is 47.3 Å². The maximum Gasteiger partial charge on any atom is 0.252 e. The summed E-state index contributed by atoms with van der Waals surface area (Å²) in [6.07, 6.45) is 4.26. The monoisotopic (exact) mass is 309 g/mol. The molecule has 1 amide bonds. The maximum absolute atomic E-state index is 12.0. The van der Waals surface area contributed by atoms with Gasteiger partial charge in [-0.25, -0.2) is 0 Å². The summed E-state index contributed by atoms with van der Waals surface area (Å²) in [5, 5.41) is 3.02. The van der Waals surface area contributed by atoms with Crippen LogP contribution in [0.4, 0.5) is 0 Å². The van der Waals surface area contributed by atoms with Crippen LogP contribution >= 0.6 is 15.9 Å². The Kier molecular flexibility index (Phi) is 3.39. The van der Waals surface area contributed by atoms with E-state index in [1.807, 2.05) is 24.3 Å². The lowest BCUT2D eigenvalue weighted by molar-refractivity contribution is 0.0873. The quantitative estimate of drug-likeness (QED) is 0.932. The lowest BCUT2D eigenvalue weighted by Gasteiger charge is -2.19. The number of halogens is 1. The van der Waals surface area contributed by atoms with Crippen molar-refractivity contribution in [3.8, 4) is 0 Å². The highest BCUT2D eigenvalue weighted by Gasteiger charge is 2.40. The number of hydrogen-bond acceptors (Lipinski definition) is 2. The third-order valence-corrected chi connectivity index (χ3v) is 4.57. The molecule has 1 N–H and O–H groups in total. The van der Waals surface area contributed by atoms with Gasteiger partial charge in [-0.3, -0.25) is 4.79 Å². The molecule has 18 heavy (non-hydrogen) atoms. The first kappa shape index (κ1) is 12.2. The number of fused-ring (bicyclic) bond motifs is 2. The molecule has 3 nitrogen and oxygen atoms in total. The van der Waals surface area contributed by atoms with Crippen LogP contribution in [-0.2, 0) is 4.74 Å². The Labute approximate surface area is 115 Å². The molecule has 1 aromatic carbocycles. The van der Waals surface area contributed by atoms with E-state index in [4.69, 9.17) is 4.74 Å². The van der Waals surface area contributed by atoms with Gasteiger partial charge >= 0.3 is 0 Å². The van der Waals surface area contributed by atoms with E-state index in [0.717, 1.165) is 23.9 Å². The van der Waals surface area contributed by atoms with Crippen molar-refractivity contribution in [3.63, 3.8) is 0 Å². The molecule has 3 rings (SSSR count). The number of rotatable bonds is 3. The van der Waals surface area contributed by atoms with Crippen LogP contribution < -0.4 is 5.32 Å². The summed E-state index contributed by atoms with van der Waals surface area (Å²) >= 11 is 3.40. The summed E-state index contributed by atoms with van der Waals surface area (Å²) in [5.74, 6) is 0.487. The van der Waals surface area contributed by atoms with Gasteiger partial charge in [-0.1, -0.05) is 12.1 Å². The first-order chi connectivity index (χ1) is 8.74. The van der Waals surface area contributed by atoms with Gasteiger partial charge in [0.1, 0.15) is 0 Å². The molecule has 0 aromatic heterocycles. The van der Waals surface area contributed by atoms with Gasteiger partial charge in [0.15, 0.2) is 0 Å². The van der Waals surface area contributed by atoms with Crippen LogP contribution in [-0.4, -0.2) is 24.7 Å². The Morgan fingerprint density at radius 1 is 1.39 bits per heavy atom. The Morgan fingerprint density at radius 3 is 2.89 bits per heavy atom. The summed E-state index contributed by atoms with van der Waals surface area (Å²) in [5.41, 5.74) is 0.696. The second-order valence-electron chi connectivity index (χ2n) is 5.06. The van der Waals surface area contributed by atoms with Gasteiger partial charge in [0.2, 0.25) is 0 Å². The normalized spacial score (nSPS) is 29.5. The molecular formula is C14H16BrNO2. The lowest BCUT2D eigenvalue weighted by atomic mass is 9.89. The van der Waals surface area contributed by atoms with Gasteiger partial charge in [-0.15, -0.1) is 0 Å². The van der Waals surface area contributed by atoms with Crippen LogP contribution in [0, 0.1) is 5.92 Å². The van der Waals surface area contributed by atoms with Crippen molar-refractivity contribution >= 4 is 21.8 Å². The van der Waals surface area contributed by atoms with Gasteiger partial charge < -0.3 is 10.1 Å². The average molecular weight is 310 g/mol. The van der Waals surface area contributed by atoms with Crippen LogP contribution in [0.3, 0.4) is 0 Å².